The van der Waals surface area contributed by atoms with E-state index in [0.717, 1.165) is 24.2 Å². The van der Waals surface area contributed by atoms with Crippen LogP contribution in [0.4, 0.5) is 0 Å². The molecule has 1 N–H and O–H groups in total. The van der Waals surface area contributed by atoms with E-state index in [1.165, 1.54) is 43.6 Å². The topological polar surface area (TPSA) is 28.7 Å². The Balaban J connectivity index is 1.39. The molecule has 4 fully saturated rings. The SMILES string of the molecule is CC(C)(C)Cc1ncc(CCC23CC4CC(CC(C4)C2)C3)[nH]1. The van der Waals surface area contributed by atoms with Crippen molar-refractivity contribution in [1.29, 1.82) is 0 Å². The van der Waals surface area contributed by atoms with Crippen molar-refractivity contribution in [2.24, 2.45) is 28.6 Å². The highest BCUT2D eigenvalue weighted by Crippen LogP contribution is 2.61. The summed E-state index contributed by atoms with van der Waals surface area (Å²) in [5, 5.41) is 0. The van der Waals surface area contributed by atoms with Gasteiger partial charge in [0.15, 0.2) is 0 Å². The first kappa shape index (κ1) is 14.8. The van der Waals surface area contributed by atoms with Crippen LogP contribution in [-0.2, 0) is 12.8 Å². The van der Waals surface area contributed by atoms with Gasteiger partial charge in [-0.05, 0) is 80.0 Å². The second-order valence-electron chi connectivity index (χ2n) is 10.0. The van der Waals surface area contributed by atoms with Crippen LogP contribution in [0.2, 0.25) is 0 Å². The zero-order chi connectivity index (χ0) is 15.4. The molecule has 1 aromatic heterocycles. The molecular formula is C20H32N2. The van der Waals surface area contributed by atoms with E-state index in [2.05, 4.69) is 36.9 Å². The lowest BCUT2D eigenvalue weighted by Gasteiger charge is -2.57. The van der Waals surface area contributed by atoms with E-state index in [9.17, 15) is 0 Å². The molecule has 0 saturated heterocycles. The van der Waals surface area contributed by atoms with E-state index >= 15 is 0 Å². The van der Waals surface area contributed by atoms with Crippen molar-refractivity contribution < 1.29 is 0 Å². The number of H-pyrrole nitrogens is 1. The number of nitrogens with one attached hydrogen (secondary N) is 1. The van der Waals surface area contributed by atoms with Gasteiger partial charge in [0.25, 0.3) is 0 Å². The Morgan fingerprint density at radius 2 is 1.68 bits per heavy atom. The van der Waals surface area contributed by atoms with Crippen LogP contribution in [0.5, 0.6) is 0 Å². The van der Waals surface area contributed by atoms with Gasteiger partial charge in [-0.2, -0.15) is 0 Å². The normalized spacial score (nSPS) is 37.0. The predicted molar refractivity (Wildman–Crippen MR) is 90.7 cm³/mol. The van der Waals surface area contributed by atoms with Crippen LogP contribution in [0.1, 0.15) is 77.2 Å². The second kappa shape index (κ2) is 5.11. The molecule has 1 heterocycles. The summed E-state index contributed by atoms with van der Waals surface area (Å²) < 4.78 is 0. The number of aryl methyl sites for hydroxylation is 1. The number of imidazole rings is 1. The number of hydrogen-bond acceptors (Lipinski definition) is 1. The standard InChI is InChI=1S/C20H32N2/c1-19(2,3)12-18-21-13-17(22-18)4-5-20-9-14-6-15(10-20)8-16(7-14)11-20/h13-16H,4-12H2,1-3H3,(H,21,22). The number of rotatable bonds is 4. The Morgan fingerprint density at radius 1 is 1.09 bits per heavy atom. The van der Waals surface area contributed by atoms with Gasteiger partial charge in [-0.3, -0.25) is 0 Å². The minimum atomic E-state index is 0.315. The smallest absolute Gasteiger partial charge is 0.106 e. The summed E-state index contributed by atoms with van der Waals surface area (Å²) >= 11 is 0. The van der Waals surface area contributed by atoms with Crippen LogP contribution < -0.4 is 0 Å². The van der Waals surface area contributed by atoms with Gasteiger partial charge in [-0.15, -0.1) is 0 Å². The van der Waals surface area contributed by atoms with Crippen LogP contribution in [0.3, 0.4) is 0 Å². The van der Waals surface area contributed by atoms with E-state index in [0.29, 0.717) is 10.8 Å². The zero-order valence-corrected chi connectivity index (χ0v) is 14.6. The molecule has 4 aliphatic carbocycles. The van der Waals surface area contributed by atoms with E-state index in [-0.39, 0.29) is 0 Å². The molecule has 0 spiro atoms. The molecule has 122 valence electrons. The molecule has 2 heteroatoms. The van der Waals surface area contributed by atoms with Crippen molar-refractivity contribution in [2.75, 3.05) is 0 Å². The Kier molecular flexibility index (Phi) is 3.43. The van der Waals surface area contributed by atoms with E-state index < -0.39 is 0 Å². The summed E-state index contributed by atoms with van der Waals surface area (Å²) in [5.74, 6) is 4.39. The highest BCUT2D eigenvalue weighted by atomic mass is 14.9. The summed E-state index contributed by atoms with van der Waals surface area (Å²) in [6.07, 6.45) is 15.0. The summed E-state index contributed by atoms with van der Waals surface area (Å²) in [5.41, 5.74) is 2.38. The molecule has 0 amide bonds. The molecule has 0 aromatic carbocycles. The van der Waals surface area contributed by atoms with Crippen molar-refractivity contribution in [2.45, 2.75) is 78.6 Å². The Hall–Kier alpha value is -0.790. The maximum Gasteiger partial charge on any atom is 0.106 e. The Labute approximate surface area is 135 Å². The van der Waals surface area contributed by atoms with Gasteiger partial charge in [0, 0.05) is 18.3 Å². The van der Waals surface area contributed by atoms with Gasteiger partial charge in [-0.25, -0.2) is 4.98 Å². The highest BCUT2D eigenvalue weighted by molar-refractivity contribution is 5.06. The first-order valence-electron chi connectivity index (χ1n) is 9.42. The van der Waals surface area contributed by atoms with Crippen molar-refractivity contribution in [3.05, 3.63) is 17.7 Å². The van der Waals surface area contributed by atoms with E-state index in [4.69, 9.17) is 0 Å². The Morgan fingerprint density at radius 3 is 2.23 bits per heavy atom. The molecule has 22 heavy (non-hydrogen) atoms. The Bertz CT molecular complexity index is 499. The third kappa shape index (κ3) is 2.98. The van der Waals surface area contributed by atoms with Crippen molar-refractivity contribution >= 4 is 0 Å². The fourth-order valence-corrected chi connectivity index (χ4v) is 6.12. The van der Waals surface area contributed by atoms with Gasteiger partial charge in [0.2, 0.25) is 0 Å². The third-order valence-corrected chi connectivity index (χ3v) is 6.47. The lowest BCUT2D eigenvalue weighted by molar-refractivity contribution is -0.0570. The fourth-order valence-electron chi connectivity index (χ4n) is 6.12. The minimum absolute atomic E-state index is 0.315. The zero-order valence-electron chi connectivity index (χ0n) is 14.6. The van der Waals surface area contributed by atoms with Crippen LogP contribution in [0, 0.1) is 28.6 Å². The first-order chi connectivity index (χ1) is 10.4. The van der Waals surface area contributed by atoms with Crippen LogP contribution in [0.15, 0.2) is 6.20 Å². The van der Waals surface area contributed by atoms with Gasteiger partial charge in [0.05, 0.1) is 0 Å². The quantitative estimate of drug-likeness (QED) is 0.818. The summed E-state index contributed by atoms with van der Waals surface area (Å²) in [4.78, 5) is 8.20. The molecule has 5 rings (SSSR count). The highest BCUT2D eigenvalue weighted by Gasteiger charge is 2.50. The van der Waals surface area contributed by atoms with Gasteiger partial charge < -0.3 is 4.98 Å². The van der Waals surface area contributed by atoms with E-state index in [1.54, 1.807) is 19.3 Å². The van der Waals surface area contributed by atoms with E-state index in [1.807, 2.05) is 0 Å². The average Bonchev–Trinajstić information content (AvgIpc) is 2.80. The number of aromatic amines is 1. The van der Waals surface area contributed by atoms with Crippen LogP contribution in [-0.4, -0.2) is 9.97 Å². The molecule has 4 bridgehead atoms. The maximum absolute atomic E-state index is 4.61. The summed E-state index contributed by atoms with van der Waals surface area (Å²) in [6.45, 7) is 6.85. The number of hydrogen-bond donors (Lipinski definition) is 1. The summed E-state index contributed by atoms with van der Waals surface area (Å²) in [6, 6.07) is 0. The molecular weight excluding hydrogens is 268 g/mol. The molecule has 0 atom stereocenters. The minimum Gasteiger partial charge on any atom is -0.346 e. The maximum atomic E-state index is 4.61. The number of nitrogens with zero attached hydrogens (tertiary/aromatic N) is 1. The average molecular weight is 300 g/mol. The largest absolute Gasteiger partial charge is 0.346 e. The predicted octanol–water partition coefficient (Wildman–Crippen LogP) is 5.15. The molecule has 4 aliphatic rings. The molecule has 0 unspecified atom stereocenters. The molecule has 4 saturated carbocycles. The van der Waals surface area contributed by atoms with Crippen molar-refractivity contribution in [3.8, 4) is 0 Å². The van der Waals surface area contributed by atoms with Crippen molar-refractivity contribution in [1.82, 2.24) is 9.97 Å². The molecule has 2 nitrogen and oxygen atoms in total. The fraction of sp³-hybridized carbons (Fsp3) is 0.850. The van der Waals surface area contributed by atoms with Crippen LogP contribution in [0.25, 0.3) is 0 Å². The second-order valence-corrected chi connectivity index (χ2v) is 10.0. The summed E-state index contributed by atoms with van der Waals surface area (Å²) in [7, 11) is 0. The molecule has 0 aliphatic heterocycles. The van der Waals surface area contributed by atoms with Crippen molar-refractivity contribution in [3.63, 3.8) is 0 Å². The monoisotopic (exact) mass is 300 g/mol. The molecule has 0 radical (unpaired) electrons. The van der Waals surface area contributed by atoms with Gasteiger partial charge in [-0.1, -0.05) is 20.8 Å². The van der Waals surface area contributed by atoms with Gasteiger partial charge in [0.1, 0.15) is 5.82 Å². The molecule has 1 aromatic rings. The first-order valence-corrected chi connectivity index (χ1v) is 9.42. The lowest BCUT2D eigenvalue weighted by Crippen LogP contribution is -2.46. The lowest BCUT2D eigenvalue weighted by atomic mass is 9.48. The third-order valence-electron chi connectivity index (χ3n) is 6.47. The number of aromatic nitrogens is 2. The van der Waals surface area contributed by atoms with Crippen LogP contribution >= 0.6 is 0 Å². The van der Waals surface area contributed by atoms with Gasteiger partial charge >= 0.3 is 0 Å².